The van der Waals surface area contributed by atoms with Crippen LogP contribution in [0.5, 0.6) is 5.75 Å². The largest absolute Gasteiger partial charge is 0.497 e. The summed E-state index contributed by atoms with van der Waals surface area (Å²) < 4.78 is 5.21. The number of rotatable bonds is 4. The van der Waals surface area contributed by atoms with Gasteiger partial charge in [-0.2, -0.15) is 0 Å². The SMILES string of the molecule is COc1cccc(NC(=O)[C@@H](C)N2CCCc3cc(C)ccc32)c1. The third-order valence-corrected chi connectivity index (χ3v) is 4.57. The lowest BCUT2D eigenvalue weighted by molar-refractivity contribution is -0.117. The van der Waals surface area contributed by atoms with E-state index in [1.165, 1.54) is 16.8 Å². The van der Waals surface area contributed by atoms with Crippen molar-refractivity contribution in [3.8, 4) is 5.75 Å². The zero-order valence-corrected chi connectivity index (χ0v) is 14.5. The number of methoxy groups -OCH3 is 1. The van der Waals surface area contributed by atoms with Crippen molar-refractivity contribution in [2.75, 3.05) is 23.9 Å². The molecule has 1 aliphatic rings. The first kappa shape index (κ1) is 16.4. The number of benzene rings is 2. The minimum atomic E-state index is -0.224. The lowest BCUT2D eigenvalue weighted by Gasteiger charge is -2.35. The summed E-state index contributed by atoms with van der Waals surface area (Å²) >= 11 is 0. The molecule has 0 aliphatic carbocycles. The monoisotopic (exact) mass is 324 g/mol. The Morgan fingerprint density at radius 1 is 1.25 bits per heavy atom. The molecule has 0 fully saturated rings. The molecule has 4 nitrogen and oxygen atoms in total. The van der Waals surface area contributed by atoms with Crippen molar-refractivity contribution in [2.24, 2.45) is 0 Å². The number of nitrogens with zero attached hydrogens (tertiary/aromatic N) is 1. The maximum atomic E-state index is 12.7. The molecule has 0 unspecified atom stereocenters. The zero-order chi connectivity index (χ0) is 17.1. The molecular formula is C20H24N2O2. The van der Waals surface area contributed by atoms with E-state index in [4.69, 9.17) is 4.74 Å². The second-order valence-corrected chi connectivity index (χ2v) is 6.33. The van der Waals surface area contributed by atoms with Crippen molar-refractivity contribution in [2.45, 2.75) is 32.7 Å². The van der Waals surface area contributed by atoms with Crippen molar-refractivity contribution in [3.05, 3.63) is 53.6 Å². The van der Waals surface area contributed by atoms with Crippen LogP contribution < -0.4 is 15.0 Å². The highest BCUT2D eigenvalue weighted by molar-refractivity contribution is 5.97. The lowest BCUT2D eigenvalue weighted by Crippen LogP contribution is -2.44. The number of carbonyl (C=O) groups is 1. The van der Waals surface area contributed by atoms with Crippen LogP contribution in [0.1, 0.15) is 24.5 Å². The highest BCUT2D eigenvalue weighted by Gasteiger charge is 2.26. The summed E-state index contributed by atoms with van der Waals surface area (Å²) in [7, 11) is 1.62. The molecule has 0 saturated carbocycles. The van der Waals surface area contributed by atoms with Crippen molar-refractivity contribution >= 4 is 17.3 Å². The topological polar surface area (TPSA) is 41.6 Å². The minimum absolute atomic E-state index is 0.00308. The fraction of sp³-hybridized carbons (Fsp3) is 0.350. The van der Waals surface area contributed by atoms with Gasteiger partial charge in [0.15, 0.2) is 0 Å². The number of fused-ring (bicyclic) bond motifs is 1. The Morgan fingerprint density at radius 3 is 2.88 bits per heavy atom. The van der Waals surface area contributed by atoms with Crippen LogP contribution in [0.15, 0.2) is 42.5 Å². The molecule has 24 heavy (non-hydrogen) atoms. The fourth-order valence-electron chi connectivity index (χ4n) is 3.25. The van der Waals surface area contributed by atoms with Gasteiger partial charge in [0, 0.05) is 24.0 Å². The van der Waals surface area contributed by atoms with Gasteiger partial charge in [0.1, 0.15) is 11.8 Å². The van der Waals surface area contributed by atoms with Gasteiger partial charge in [-0.05, 0) is 50.5 Å². The van der Waals surface area contributed by atoms with Crippen molar-refractivity contribution in [1.82, 2.24) is 0 Å². The van der Waals surface area contributed by atoms with E-state index in [9.17, 15) is 4.79 Å². The number of amides is 1. The van der Waals surface area contributed by atoms with E-state index in [-0.39, 0.29) is 11.9 Å². The van der Waals surface area contributed by atoms with Crippen LogP contribution in [-0.2, 0) is 11.2 Å². The predicted molar refractivity (Wildman–Crippen MR) is 97.9 cm³/mol. The fourth-order valence-corrected chi connectivity index (χ4v) is 3.25. The number of anilines is 2. The third-order valence-electron chi connectivity index (χ3n) is 4.57. The summed E-state index contributed by atoms with van der Waals surface area (Å²) in [5.41, 5.74) is 4.54. The van der Waals surface area contributed by atoms with Gasteiger partial charge in [0.2, 0.25) is 5.91 Å². The van der Waals surface area contributed by atoms with Crippen LogP contribution in [0.3, 0.4) is 0 Å². The second kappa shape index (κ2) is 6.95. The summed E-state index contributed by atoms with van der Waals surface area (Å²) in [6.45, 7) is 4.98. The maximum absolute atomic E-state index is 12.7. The standard InChI is InChI=1S/C20H24N2O2/c1-14-9-10-19-16(12-14)6-5-11-22(19)15(2)20(23)21-17-7-4-8-18(13-17)24-3/h4,7-10,12-13,15H,5-6,11H2,1-3H3,(H,21,23)/t15-/m1/s1. The molecule has 1 amide bonds. The van der Waals surface area contributed by atoms with Gasteiger partial charge in [-0.1, -0.05) is 23.8 Å². The first-order chi connectivity index (χ1) is 11.6. The molecular weight excluding hydrogens is 300 g/mol. The Morgan fingerprint density at radius 2 is 2.08 bits per heavy atom. The number of nitrogens with one attached hydrogen (secondary N) is 1. The minimum Gasteiger partial charge on any atom is -0.497 e. The highest BCUT2D eigenvalue weighted by Crippen LogP contribution is 2.30. The molecule has 4 heteroatoms. The molecule has 1 aliphatic heterocycles. The number of hydrogen-bond donors (Lipinski definition) is 1. The first-order valence-corrected chi connectivity index (χ1v) is 8.39. The van der Waals surface area contributed by atoms with Gasteiger partial charge in [-0.15, -0.1) is 0 Å². The number of aryl methyl sites for hydroxylation is 2. The average molecular weight is 324 g/mol. The molecule has 2 aromatic rings. The number of carbonyl (C=O) groups excluding carboxylic acids is 1. The summed E-state index contributed by atoms with van der Waals surface area (Å²) in [6.07, 6.45) is 2.16. The Kier molecular flexibility index (Phi) is 4.74. The molecule has 126 valence electrons. The first-order valence-electron chi connectivity index (χ1n) is 8.39. The molecule has 0 aromatic heterocycles. The Hall–Kier alpha value is -2.49. The number of ether oxygens (including phenoxy) is 1. The molecule has 1 heterocycles. The van der Waals surface area contributed by atoms with Crippen molar-refractivity contribution in [1.29, 1.82) is 0 Å². The van der Waals surface area contributed by atoms with E-state index >= 15 is 0 Å². The van der Waals surface area contributed by atoms with Crippen LogP contribution in [0.4, 0.5) is 11.4 Å². The Bertz CT molecular complexity index is 742. The molecule has 1 atom stereocenters. The normalized spacial score (nSPS) is 14.7. The predicted octanol–water partition coefficient (Wildman–Crippen LogP) is 3.78. The Labute approximate surface area is 143 Å². The quantitative estimate of drug-likeness (QED) is 0.930. The van der Waals surface area contributed by atoms with Crippen molar-refractivity contribution < 1.29 is 9.53 Å². The van der Waals surface area contributed by atoms with Gasteiger partial charge in [0.05, 0.1) is 7.11 Å². The molecule has 0 bridgehead atoms. The van der Waals surface area contributed by atoms with Gasteiger partial charge in [-0.3, -0.25) is 4.79 Å². The van der Waals surface area contributed by atoms with Crippen LogP contribution in [0, 0.1) is 6.92 Å². The summed E-state index contributed by atoms with van der Waals surface area (Å²) in [4.78, 5) is 14.9. The van der Waals surface area contributed by atoms with Gasteiger partial charge in [-0.25, -0.2) is 0 Å². The molecule has 3 rings (SSSR count). The van der Waals surface area contributed by atoms with E-state index in [1.54, 1.807) is 7.11 Å². The van der Waals surface area contributed by atoms with E-state index in [1.807, 2.05) is 31.2 Å². The van der Waals surface area contributed by atoms with E-state index in [0.29, 0.717) is 0 Å². The summed E-state index contributed by atoms with van der Waals surface area (Å²) in [5, 5.41) is 3.00. The lowest BCUT2D eigenvalue weighted by atomic mass is 9.98. The molecule has 2 aromatic carbocycles. The molecule has 0 spiro atoms. The van der Waals surface area contributed by atoms with Crippen LogP contribution in [0.2, 0.25) is 0 Å². The van der Waals surface area contributed by atoms with Gasteiger partial charge < -0.3 is 15.0 Å². The molecule has 0 radical (unpaired) electrons. The van der Waals surface area contributed by atoms with Gasteiger partial charge in [0.25, 0.3) is 0 Å². The maximum Gasteiger partial charge on any atom is 0.246 e. The smallest absolute Gasteiger partial charge is 0.246 e. The second-order valence-electron chi connectivity index (χ2n) is 6.33. The van der Waals surface area contributed by atoms with Crippen LogP contribution in [-0.4, -0.2) is 25.6 Å². The molecule has 0 saturated heterocycles. The number of hydrogen-bond acceptors (Lipinski definition) is 3. The molecule has 1 N–H and O–H groups in total. The van der Waals surface area contributed by atoms with Crippen molar-refractivity contribution in [3.63, 3.8) is 0 Å². The van der Waals surface area contributed by atoms with Crippen LogP contribution in [0.25, 0.3) is 0 Å². The van der Waals surface area contributed by atoms with E-state index in [0.717, 1.165) is 30.8 Å². The van der Waals surface area contributed by atoms with E-state index in [2.05, 4.69) is 35.3 Å². The Balaban J connectivity index is 1.77. The summed E-state index contributed by atoms with van der Waals surface area (Å²) in [5.74, 6) is 0.732. The third kappa shape index (κ3) is 3.37. The highest BCUT2D eigenvalue weighted by atomic mass is 16.5. The summed E-state index contributed by atoms with van der Waals surface area (Å²) in [6, 6.07) is 13.7. The average Bonchev–Trinajstić information content (AvgIpc) is 2.60. The van der Waals surface area contributed by atoms with Crippen LogP contribution >= 0.6 is 0 Å². The van der Waals surface area contributed by atoms with E-state index < -0.39 is 0 Å². The van der Waals surface area contributed by atoms with Gasteiger partial charge >= 0.3 is 0 Å². The zero-order valence-electron chi connectivity index (χ0n) is 14.5.